The topological polar surface area (TPSA) is 47.2 Å². The second kappa shape index (κ2) is 4.93. The lowest BCUT2D eigenvalue weighted by molar-refractivity contribution is 0.515. The summed E-state index contributed by atoms with van der Waals surface area (Å²) < 4.78 is 7.72. The van der Waals surface area contributed by atoms with Crippen LogP contribution in [0.15, 0.2) is 62.2 Å². The molecule has 3 aromatic rings. The second-order valence-corrected chi connectivity index (χ2v) is 5.02. The zero-order valence-corrected chi connectivity index (χ0v) is 11.6. The van der Waals surface area contributed by atoms with Gasteiger partial charge in [0.15, 0.2) is 5.58 Å². The Labute approximate surface area is 117 Å². The number of fused-ring (bicyclic) bond motifs is 1. The summed E-state index contributed by atoms with van der Waals surface area (Å²) in [5.41, 5.74) is 2.32. The van der Waals surface area contributed by atoms with E-state index in [0.717, 1.165) is 15.7 Å². The first-order valence-electron chi connectivity index (χ1n) is 5.82. The summed E-state index contributed by atoms with van der Waals surface area (Å²) in [6.45, 7) is 0.367. The molecule has 3 rings (SSSR count). The fourth-order valence-corrected chi connectivity index (χ4v) is 2.33. The molecule has 0 saturated heterocycles. The van der Waals surface area contributed by atoms with E-state index in [1.807, 2.05) is 42.5 Å². The summed E-state index contributed by atoms with van der Waals surface area (Å²) in [6, 6.07) is 15.2. The largest absolute Gasteiger partial charge is 0.421 e. The van der Waals surface area contributed by atoms with E-state index in [9.17, 15) is 4.79 Å². The molecule has 0 saturated carbocycles. The van der Waals surface area contributed by atoms with Crippen molar-refractivity contribution in [3.63, 3.8) is 0 Å². The Kier molecular flexibility index (Phi) is 3.13. The standard InChI is InChI=1S/C14H11BrN2O2/c15-10-4-3-5-11(8-10)16-9-17-12-6-1-2-7-13(12)19-14(17)18/h1-8,16H,9H2. The Morgan fingerprint density at radius 2 is 2.00 bits per heavy atom. The minimum atomic E-state index is -0.358. The first kappa shape index (κ1) is 12.0. The van der Waals surface area contributed by atoms with E-state index in [1.54, 1.807) is 10.6 Å². The van der Waals surface area contributed by atoms with Gasteiger partial charge < -0.3 is 9.73 Å². The van der Waals surface area contributed by atoms with Gasteiger partial charge in [-0.15, -0.1) is 0 Å². The lowest BCUT2D eigenvalue weighted by Crippen LogP contribution is -2.19. The SMILES string of the molecule is O=c1oc2ccccc2n1CNc1cccc(Br)c1. The number of anilines is 1. The van der Waals surface area contributed by atoms with Crippen LogP contribution in [0.25, 0.3) is 11.1 Å². The molecule has 0 radical (unpaired) electrons. The van der Waals surface area contributed by atoms with Crippen LogP contribution >= 0.6 is 15.9 Å². The molecule has 0 aliphatic carbocycles. The Morgan fingerprint density at radius 3 is 2.84 bits per heavy atom. The average Bonchev–Trinajstić information content (AvgIpc) is 2.72. The third-order valence-corrected chi connectivity index (χ3v) is 3.33. The van der Waals surface area contributed by atoms with Crippen LogP contribution in [0.2, 0.25) is 0 Å². The Hall–Kier alpha value is -2.01. The molecule has 0 fully saturated rings. The molecular formula is C14H11BrN2O2. The summed E-state index contributed by atoms with van der Waals surface area (Å²) in [6.07, 6.45) is 0. The first-order valence-corrected chi connectivity index (χ1v) is 6.61. The van der Waals surface area contributed by atoms with Crippen LogP contribution in [-0.4, -0.2) is 4.57 Å². The minimum absolute atomic E-state index is 0.358. The number of rotatable bonds is 3. The van der Waals surface area contributed by atoms with Crippen molar-refractivity contribution in [2.24, 2.45) is 0 Å². The van der Waals surface area contributed by atoms with Crippen molar-refractivity contribution in [2.75, 3.05) is 5.32 Å². The number of oxazole rings is 1. The lowest BCUT2D eigenvalue weighted by Gasteiger charge is -2.07. The lowest BCUT2D eigenvalue weighted by atomic mass is 10.3. The van der Waals surface area contributed by atoms with Gasteiger partial charge in [-0.25, -0.2) is 4.79 Å². The molecule has 1 aromatic heterocycles. The highest BCUT2D eigenvalue weighted by Gasteiger charge is 2.07. The van der Waals surface area contributed by atoms with Crippen LogP contribution in [0.1, 0.15) is 0 Å². The maximum absolute atomic E-state index is 11.8. The maximum atomic E-state index is 11.8. The van der Waals surface area contributed by atoms with Crippen LogP contribution in [0, 0.1) is 0 Å². The normalized spacial score (nSPS) is 10.8. The van der Waals surface area contributed by atoms with Gasteiger partial charge in [0.25, 0.3) is 0 Å². The van der Waals surface area contributed by atoms with E-state index >= 15 is 0 Å². The van der Waals surface area contributed by atoms with Gasteiger partial charge in [0.05, 0.1) is 12.2 Å². The van der Waals surface area contributed by atoms with Crippen molar-refractivity contribution in [1.82, 2.24) is 4.57 Å². The van der Waals surface area contributed by atoms with Crippen molar-refractivity contribution in [2.45, 2.75) is 6.67 Å². The molecule has 19 heavy (non-hydrogen) atoms. The van der Waals surface area contributed by atoms with Crippen LogP contribution in [0.5, 0.6) is 0 Å². The maximum Gasteiger partial charge on any atom is 0.421 e. The van der Waals surface area contributed by atoms with Crippen LogP contribution in [-0.2, 0) is 6.67 Å². The molecule has 0 aliphatic rings. The van der Waals surface area contributed by atoms with Gasteiger partial charge in [-0.3, -0.25) is 4.57 Å². The second-order valence-electron chi connectivity index (χ2n) is 4.11. The monoisotopic (exact) mass is 318 g/mol. The number of aromatic nitrogens is 1. The smallest absolute Gasteiger partial charge is 0.408 e. The predicted octanol–water partition coefficient (Wildman–Crippen LogP) is 3.43. The number of nitrogens with one attached hydrogen (secondary N) is 1. The Morgan fingerprint density at radius 1 is 1.16 bits per heavy atom. The van der Waals surface area contributed by atoms with Gasteiger partial charge in [-0.1, -0.05) is 34.1 Å². The van der Waals surface area contributed by atoms with Crippen molar-refractivity contribution < 1.29 is 4.42 Å². The quantitative estimate of drug-likeness (QED) is 0.804. The van der Waals surface area contributed by atoms with Crippen molar-refractivity contribution in [3.8, 4) is 0 Å². The average molecular weight is 319 g/mol. The van der Waals surface area contributed by atoms with Crippen LogP contribution < -0.4 is 11.1 Å². The van der Waals surface area contributed by atoms with Crippen LogP contribution in [0.3, 0.4) is 0 Å². The summed E-state index contributed by atoms with van der Waals surface area (Å²) in [4.78, 5) is 11.8. The van der Waals surface area contributed by atoms with E-state index in [4.69, 9.17) is 4.42 Å². The van der Waals surface area contributed by atoms with Crippen molar-refractivity contribution in [3.05, 3.63) is 63.6 Å². The number of nitrogens with zero attached hydrogens (tertiary/aromatic N) is 1. The highest BCUT2D eigenvalue weighted by Crippen LogP contribution is 2.16. The molecule has 0 bridgehead atoms. The molecule has 0 unspecified atom stereocenters. The van der Waals surface area contributed by atoms with E-state index in [2.05, 4.69) is 21.2 Å². The molecule has 1 N–H and O–H groups in total. The molecule has 0 spiro atoms. The third-order valence-electron chi connectivity index (χ3n) is 2.84. The number of hydrogen-bond donors (Lipinski definition) is 1. The number of benzene rings is 2. The molecule has 0 amide bonds. The zero-order chi connectivity index (χ0) is 13.2. The summed E-state index contributed by atoms with van der Waals surface area (Å²) in [7, 11) is 0. The Balaban J connectivity index is 1.90. The van der Waals surface area contributed by atoms with Gasteiger partial charge >= 0.3 is 5.76 Å². The highest BCUT2D eigenvalue weighted by molar-refractivity contribution is 9.10. The van der Waals surface area contributed by atoms with E-state index in [0.29, 0.717) is 12.3 Å². The summed E-state index contributed by atoms with van der Waals surface area (Å²) in [5, 5.41) is 3.19. The number of halogens is 1. The number of para-hydroxylation sites is 2. The van der Waals surface area contributed by atoms with Crippen molar-refractivity contribution >= 4 is 32.7 Å². The van der Waals surface area contributed by atoms with Crippen molar-refractivity contribution in [1.29, 1.82) is 0 Å². The van der Waals surface area contributed by atoms with E-state index in [1.165, 1.54) is 0 Å². The molecule has 1 heterocycles. The third kappa shape index (κ3) is 2.42. The molecule has 2 aromatic carbocycles. The van der Waals surface area contributed by atoms with Gasteiger partial charge in [-0.2, -0.15) is 0 Å². The molecule has 0 aliphatic heterocycles. The van der Waals surface area contributed by atoms with Gasteiger partial charge in [-0.05, 0) is 30.3 Å². The van der Waals surface area contributed by atoms with Gasteiger partial charge in [0.1, 0.15) is 0 Å². The minimum Gasteiger partial charge on any atom is -0.408 e. The molecule has 96 valence electrons. The highest BCUT2D eigenvalue weighted by atomic mass is 79.9. The Bertz CT molecular complexity index is 776. The molecule has 0 atom stereocenters. The molecule has 4 nitrogen and oxygen atoms in total. The van der Waals surface area contributed by atoms with Crippen LogP contribution in [0.4, 0.5) is 5.69 Å². The van der Waals surface area contributed by atoms with Gasteiger partial charge in [0, 0.05) is 10.2 Å². The first-order chi connectivity index (χ1) is 9.24. The summed E-state index contributed by atoms with van der Waals surface area (Å²) >= 11 is 3.41. The fraction of sp³-hybridized carbons (Fsp3) is 0.0714. The predicted molar refractivity (Wildman–Crippen MR) is 78.2 cm³/mol. The molecular weight excluding hydrogens is 308 g/mol. The zero-order valence-electron chi connectivity index (χ0n) is 9.97. The van der Waals surface area contributed by atoms with E-state index < -0.39 is 0 Å². The molecule has 5 heteroatoms. The van der Waals surface area contributed by atoms with Gasteiger partial charge in [0.2, 0.25) is 0 Å². The van der Waals surface area contributed by atoms with E-state index in [-0.39, 0.29) is 5.76 Å². The fourth-order valence-electron chi connectivity index (χ4n) is 1.93. The summed E-state index contributed by atoms with van der Waals surface area (Å²) in [5.74, 6) is -0.358. The number of hydrogen-bond acceptors (Lipinski definition) is 3.